The maximum Gasteiger partial charge on any atom is 0.337 e. The van der Waals surface area contributed by atoms with Crippen molar-refractivity contribution in [3.8, 4) is 0 Å². The molecule has 4 nitrogen and oxygen atoms in total. The molecule has 16 heavy (non-hydrogen) atoms. The van der Waals surface area contributed by atoms with Crippen LogP contribution in [-0.2, 0) is 0 Å². The Balaban J connectivity index is 2.88. The van der Waals surface area contributed by atoms with Crippen LogP contribution >= 0.6 is 0 Å². The van der Waals surface area contributed by atoms with E-state index in [-0.39, 0.29) is 17.8 Å². The van der Waals surface area contributed by atoms with Crippen LogP contribution in [0.2, 0.25) is 0 Å². The first-order chi connectivity index (χ1) is 7.56. The molecule has 1 rings (SSSR count). The van der Waals surface area contributed by atoms with Crippen molar-refractivity contribution in [2.45, 2.75) is 19.4 Å². The molecule has 0 amide bonds. The molecule has 0 bridgehead atoms. The Labute approximate surface area is 92.7 Å². The number of nitrogens with one attached hydrogen (secondary N) is 1. The molecule has 0 saturated heterocycles. The average molecular weight is 227 g/mol. The van der Waals surface area contributed by atoms with Crippen LogP contribution in [0.25, 0.3) is 0 Å². The third kappa shape index (κ3) is 2.93. The van der Waals surface area contributed by atoms with Crippen molar-refractivity contribution in [2.24, 2.45) is 0 Å². The first-order valence-electron chi connectivity index (χ1n) is 5.00. The van der Waals surface area contributed by atoms with Crippen LogP contribution in [0.4, 0.5) is 10.1 Å². The fourth-order valence-corrected chi connectivity index (χ4v) is 1.25. The summed E-state index contributed by atoms with van der Waals surface area (Å²) in [6.45, 7) is 1.91. The fourth-order valence-electron chi connectivity index (χ4n) is 1.25. The number of hydrogen-bond acceptors (Lipinski definition) is 3. The highest BCUT2D eigenvalue weighted by molar-refractivity contribution is 5.94. The lowest BCUT2D eigenvalue weighted by atomic mass is 10.1. The van der Waals surface area contributed by atoms with Crippen molar-refractivity contribution < 1.29 is 19.4 Å². The van der Waals surface area contributed by atoms with E-state index in [0.29, 0.717) is 6.42 Å². The summed E-state index contributed by atoms with van der Waals surface area (Å²) in [6, 6.07) is 3.82. The molecule has 0 aliphatic rings. The van der Waals surface area contributed by atoms with E-state index in [1.807, 2.05) is 0 Å². The number of para-hydroxylation sites is 1. The summed E-state index contributed by atoms with van der Waals surface area (Å²) < 4.78 is 13.4. The van der Waals surface area contributed by atoms with Crippen LogP contribution in [0.15, 0.2) is 18.2 Å². The molecule has 1 aromatic rings. The molecular weight excluding hydrogens is 213 g/mol. The van der Waals surface area contributed by atoms with Crippen LogP contribution in [0.1, 0.15) is 23.7 Å². The summed E-state index contributed by atoms with van der Waals surface area (Å²) in [7, 11) is 0. The molecule has 0 spiro atoms. The van der Waals surface area contributed by atoms with Crippen LogP contribution in [0, 0.1) is 5.82 Å². The van der Waals surface area contributed by atoms with Crippen LogP contribution in [0.5, 0.6) is 0 Å². The number of anilines is 1. The first-order valence-corrected chi connectivity index (χ1v) is 5.00. The smallest absolute Gasteiger partial charge is 0.337 e. The quantitative estimate of drug-likeness (QED) is 0.716. The Kier molecular flexibility index (Phi) is 4.25. The molecule has 5 heteroatoms. The highest BCUT2D eigenvalue weighted by atomic mass is 19.1. The first kappa shape index (κ1) is 12.4. The van der Waals surface area contributed by atoms with E-state index in [0.717, 1.165) is 0 Å². The minimum absolute atomic E-state index is 0.0810. The van der Waals surface area contributed by atoms with E-state index < -0.39 is 17.9 Å². The maximum absolute atomic E-state index is 13.4. The maximum atomic E-state index is 13.4. The van der Waals surface area contributed by atoms with Gasteiger partial charge in [0.2, 0.25) is 0 Å². The van der Waals surface area contributed by atoms with E-state index >= 15 is 0 Å². The molecular formula is C11H14FNO3. The lowest BCUT2D eigenvalue weighted by Gasteiger charge is -2.13. The Bertz CT molecular complexity index is 381. The van der Waals surface area contributed by atoms with Gasteiger partial charge in [0.05, 0.1) is 17.4 Å². The van der Waals surface area contributed by atoms with Gasteiger partial charge >= 0.3 is 5.97 Å². The summed E-state index contributed by atoms with van der Waals surface area (Å²) in [5.74, 6) is -1.84. The summed E-state index contributed by atoms with van der Waals surface area (Å²) in [4.78, 5) is 10.8. The number of benzene rings is 1. The Hall–Kier alpha value is -1.62. The number of carbonyl (C=O) groups is 1. The molecule has 0 aliphatic carbocycles. The molecule has 0 aromatic heterocycles. The number of rotatable bonds is 5. The van der Waals surface area contributed by atoms with Gasteiger partial charge in [0.15, 0.2) is 0 Å². The number of aliphatic hydroxyl groups is 1. The fraction of sp³-hybridized carbons (Fsp3) is 0.364. The Morgan fingerprint density at radius 2 is 2.25 bits per heavy atom. The van der Waals surface area contributed by atoms with E-state index in [4.69, 9.17) is 5.11 Å². The number of carboxylic acid groups (broad SMARTS) is 1. The standard InChI is InChI=1S/C11H14FNO3/c1-2-7(14)6-13-10-8(11(15)16)4-3-5-9(10)12/h3-5,7,13-14H,2,6H2,1H3,(H,15,16). The number of aromatic carboxylic acids is 1. The lowest BCUT2D eigenvalue weighted by molar-refractivity contribution is 0.0697. The molecule has 0 aliphatic heterocycles. The minimum Gasteiger partial charge on any atom is -0.478 e. The summed E-state index contributed by atoms with van der Waals surface area (Å²) in [5.41, 5.74) is -0.217. The van der Waals surface area contributed by atoms with E-state index in [1.54, 1.807) is 6.92 Å². The van der Waals surface area contributed by atoms with Gasteiger partial charge in [0.25, 0.3) is 0 Å². The van der Waals surface area contributed by atoms with Crippen molar-refractivity contribution in [1.82, 2.24) is 0 Å². The van der Waals surface area contributed by atoms with Gasteiger partial charge in [-0.3, -0.25) is 0 Å². The molecule has 1 aromatic carbocycles. The van der Waals surface area contributed by atoms with Gasteiger partial charge in [-0.25, -0.2) is 9.18 Å². The van der Waals surface area contributed by atoms with Crippen molar-refractivity contribution in [3.63, 3.8) is 0 Å². The van der Waals surface area contributed by atoms with Gasteiger partial charge in [-0.05, 0) is 18.6 Å². The number of halogens is 1. The number of carboxylic acids is 1. The Morgan fingerprint density at radius 1 is 1.56 bits per heavy atom. The van der Waals surface area contributed by atoms with Crippen molar-refractivity contribution in [1.29, 1.82) is 0 Å². The zero-order valence-electron chi connectivity index (χ0n) is 8.90. The zero-order valence-corrected chi connectivity index (χ0v) is 8.90. The van der Waals surface area contributed by atoms with Gasteiger partial charge in [0.1, 0.15) is 5.82 Å². The second kappa shape index (κ2) is 5.46. The van der Waals surface area contributed by atoms with Crippen molar-refractivity contribution in [3.05, 3.63) is 29.6 Å². The molecule has 88 valence electrons. The van der Waals surface area contributed by atoms with Crippen molar-refractivity contribution >= 4 is 11.7 Å². The molecule has 3 N–H and O–H groups in total. The highest BCUT2D eigenvalue weighted by Crippen LogP contribution is 2.19. The SMILES string of the molecule is CCC(O)CNc1c(F)cccc1C(=O)O. The van der Waals surface area contributed by atoms with Gasteiger partial charge in [-0.1, -0.05) is 13.0 Å². The minimum atomic E-state index is -1.20. The number of hydrogen-bond donors (Lipinski definition) is 3. The molecule has 1 unspecified atom stereocenters. The summed E-state index contributed by atoms with van der Waals surface area (Å²) >= 11 is 0. The summed E-state index contributed by atoms with van der Waals surface area (Å²) in [5, 5.41) is 20.8. The third-order valence-corrected chi connectivity index (χ3v) is 2.23. The normalized spacial score (nSPS) is 12.2. The van der Waals surface area contributed by atoms with Gasteiger partial charge in [-0.2, -0.15) is 0 Å². The molecule has 0 saturated carbocycles. The highest BCUT2D eigenvalue weighted by Gasteiger charge is 2.14. The van der Waals surface area contributed by atoms with Gasteiger partial charge < -0.3 is 15.5 Å². The van der Waals surface area contributed by atoms with Crippen LogP contribution < -0.4 is 5.32 Å². The van der Waals surface area contributed by atoms with Gasteiger partial charge in [-0.15, -0.1) is 0 Å². The predicted molar refractivity (Wildman–Crippen MR) is 58.1 cm³/mol. The van der Waals surface area contributed by atoms with E-state index in [2.05, 4.69) is 5.32 Å². The zero-order chi connectivity index (χ0) is 12.1. The Morgan fingerprint density at radius 3 is 2.81 bits per heavy atom. The van der Waals surface area contributed by atoms with Crippen LogP contribution in [0.3, 0.4) is 0 Å². The molecule has 0 radical (unpaired) electrons. The van der Waals surface area contributed by atoms with Gasteiger partial charge in [0, 0.05) is 6.54 Å². The van der Waals surface area contributed by atoms with E-state index in [9.17, 15) is 14.3 Å². The second-order valence-electron chi connectivity index (χ2n) is 3.41. The largest absolute Gasteiger partial charge is 0.478 e. The van der Waals surface area contributed by atoms with Crippen LogP contribution in [-0.4, -0.2) is 28.8 Å². The monoisotopic (exact) mass is 227 g/mol. The topological polar surface area (TPSA) is 69.6 Å². The van der Waals surface area contributed by atoms with E-state index in [1.165, 1.54) is 18.2 Å². The predicted octanol–water partition coefficient (Wildman–Crippen LogP) is 1.71. The van der Waals surface area contributed by atoms with Crippen molar-refractivity contribution in [2.75, 3.05) is 11.9 Å². The molecule has 0 fully saturated rings. The summed E-state index contributed by atoms with van der Waals surface area (Å²) in [6.07, 6.45) is -0.106. The second-order valence-corrected chi connectivity index (χ2v) is 3.41. The molecule has 0 heterocycles. The lowest BCUT2D eigenvalue weighted by Crippen LogP contribution is -2.20. The molecule has 1 atom stereocenters. The third-order valence-electron chi connectivity index (χ3n) is 2.23. The average Bonchev–Trinajstić information content (AvgIpc) is 2.26. The number of aliphatic hydroxyl groups excluding tert-OH is 1.